The van der Waals surface area contributed by atoms with Gasteiger partial charge in [0.1, 0.15) is 15.3 Å². The van der Waals surface area contributed by atoms with Crippen molar-refractivity contribution in [2.45, 2.75) is 6.92 Å². The summed E-state index contributed by atoms with van der Waals surface area (Å²) >= 11 is 1.88. The minimum Gasteiger partial charge on any atom is -0.448 e. The Hall–Kier alpha value is -1.10. The standard InChI is InChI=1S/C7H6IN3O2/c1-2-13-7(12)11-4-5(3-9)6(8)10-11/h4H,2H2,1H3. The van der Waals surface area contributed by atoms with E-state index in [1.165, 1.54) is 6.20 Å². The maximum absolute atomic E-state index is 11.1. The molecule has 1 rings (SSSR count). The van der Waals surface area contributed by atoms with Crippen LogP contribution in [0.2, 0.25) is 0 Å². The summed E-state index contributed by atoms with van der Waals surface area (Å²) in [5.74, 6) is 0. The number of nitriles is 1. The number of hydrogen-bond donors (Lipinski definition) is 0. The summed E-state index contributed by atoms with van der Waals surface area (Å²) in [7, 11) is 0. The van der Waals surface area contributed by atoms with E-state index in [0.29, 0.717) is 9.26 Å². The van der Waals surface area contributed by atoms with Crippen LogP contribution in [-0.2, 0) is 4.74 Å². The van der Waals surface area contributed by atoms with Crippen molar-refractivity contribution < 1.29 is 9.53 Å². The van der Waals surface area contributed by atoms with Gasteiger partial charge in [0, 0.05) is 0 Å². The fourth-order valence-corrected chi connectivity index (χ4v) is 1.20. The van der Waals surface area contributed by atoms with Gasteiger partial charge in [0.15, 0.2) is 0 Å². The Kier molecular flexibility index (Phi) is 3.25. The van der Waals surface area contributed by atoms with Gasteiger partial charge in [-0.1, -0.05) is 0 Å². The molecule has 0 saturated heterocycles. The Labute approximate surface area is 88.4 Å². The Bertz CT molecular complexity index is 366. The van der Waals surface area contributed by atoms with E-state index in [1.54, 1.807) is 6.92 Å². The highest BCUT2D eigenvalue weighted by Gasteiger charge is 2.11. The van der Waals surface area contributed by atoms with Crippen molar-refractivity contribution in [2.24, 2.45) is 0 Å². The first-order valence-corrected chi connectivity index (χ1v) is 4.59. The largest absolute Gasteiger partial charge is 0.448 e. The Morgan fingerprint density at radius 1 is 1.92 bits per heavy atom. The summed E-state index contributed by atoms with van der Waals surface area (Å²) in [5, 5.41) is 12.4. The Morgan fingerprint density at radius 2 is 2.62 bits per heavy atom. The molecule has 6 heteroatoms. The molecule has 0 aromatic carbocycles. The lowest BCUT2D eigenvalue weighted by Crippen LogP contribution is -2.13. The van der Waals surface area contributed by atoms with Crippen molar-refractivity contribution in [3.63, 3.8) is 0 Å². The van der Waals surface area contributed by atoms with Gasteiger partial charge in [-0.25, -0.2) is 4.79 Å². The predicted molar refractivity (Wildman–Crippen MR) is 52.1 cm³/mol. The van der Waals surface area contributed by atoms with Crippen LogP contribution in [0.1, 0.15) is 12.5 Å². The SMILES string of the molecule is CCOC(=O)n1cc(C#N)c(I)n1. The number of ether oxygens (including phenoxy) is 1. The highest BCUT2D eigenvalue weighted by molar-refractivity contribution is 14.1. The van der Waals surface area contributed by atoms with E-state index in [-0.39, 0.29) is 6.61 Å². The molecule has 1 aromatic rings. The summed E-state index contributed by atoms with van der Waals surface area (Å²) < 4.78 is 6.20. The second kappa shape index (κ2) is 4.23. The molecule has 0 spiro atoms. The molecular formula is C7H6IN3O2. The lowest BCUT2D eigenvalue weighted by atomic mass is 10.4. The molecule has 0 aliphatic carbocycles. The smallest absolute Gasteiger partial charge is 0.434 e. The average molecular weight is 291 g/mol. The fourth-order valence-electron chi connectivity index (χ4n) is 0.711. The fraction of sp³-hybridized carbons (Fsp3) is 0.286. The maximum Gasteiger partial charge on any atom is 0.434 e. The third kappa shape index (κ3) is 2.18. The van der Waals surface area contributed by atoms with Crippen LogP contribution >= 0.6 is 22.6 Å². The molecule has 13 heavy (non-hydrogen) atoms. The van der Waals surface area contributed by atoms with Gasteiger partial charge in [-0.2, -0.15) is 15.0 Å². The van der Waals surface area contributed by atoms with Crippen LogP contribution in [0.4, 0.5) is 4.79 Å². The van der Waals surface area contributed by atoms with E-state index >= 15 is 0 Å². The third-order valence-corrected chi connectivity index (χ3v) is 2.04. The first-order valence-electron chi connectivity index (χ1n) is 3.51. The van der Waals surface area contributed by atoms with E-state index in [4.69, 9.17) is 5.26 Å². The van der Waals surface area contributed by atoms with Gasteiger partial charge < -0.3 is 4.74 Å². The van der Waals surface area contributed by atoms with Crippen LogP contribution in [0.15, 0.2) is 6.20 Å². The van der Waals surface area contributed by atoms with E-state index in [1.807, 2.05) is 28.7 Å². The quantitative estimate of drug-likeness (QED) is 0.733. The summed E-state index contributed by atoms with van der Waals surface area (Å²) in [6, 6.07) is 1.91. The molecule has 0 unspecified atom stereocenters. The molecule has 1 heterocycles. The van der Waals surface area contributed by atoms with Crippen molar-refractivity contribution >= 4 is 28.7 Å². The first kappa shape index (κ1) is 9.98. The van der Waals surface area contributed by atoms with Gasteiger partial charge in [0.05, 0.1) is 12.8 Å². The first-order chi connectivity index (χ1) is 6.19. The van der Waals surface area contributed by atoms with Gasteiger partial charge in [0.25, 0.3) is 0 Å². The topological polar surface area (TPSA) is 67.9 Å². The highest BCUT2D eigenvalue weighted by Crippen LogP contribution is 2.08. The summed E-state index contributed by atoms with van der Waals surface area (Å²) in [6.07, 6.45) is 0.779. The van der Waals surface area contributed by atoms with Gasteiger partial charge in [-0.05, 0) is 29.5 Å². The molecule has 0 aliphatic heterocycles. The molecule has 0 atom stereocenters. The van der Waals surface area contributed by atoms with Crippen LogP contribution in [0.3, 0.4) is 0 Å². The van der Waals surface area contributed by atoms with Gasteiger partial charge in [0.2, 0.25) is 0 Å². The summed E-state index contributed by atoms with van der Waals surface area (Å²) in [4.78, 5) is 11.1. The molecule has 0 bridgehead atoms. The Morgan fingerprint density at radius 3 is 3.08 bits per heavy atom. The van der Waals surface area contributed by atoms with Gasteiger partial charge in [-0.3, -0.25) is 0 Å². The van der Waals surface area contributed by atoms with Crippen LogP contribution < -0.4 is 0 Å². The number of rotatable bonds is 1. The molecule has 0 fully saturated rings. The summed E-state index contributed by atoms with van der Waals surface area (Å²) in [5.41, 5.74) is 0.369. The number of carbonyl (C=O) groups is 1. The van der Waals surface area contributed by atoms with E-state index in [0.717, 1.165) is 4.68 Å². The van der Waals surface area contributed by atoms with Crippen molar-refractivity contribution in [3.8, 4) is 6.07 Å². The van der Waals surface area contributed by atoms with Crippen molar-refractivity contribution in [2.75, 3.05) is 6.61 Å². The maximum atomic E-state index is 11.1. The van der Waals surface area contributed by atoms with E-state index in [2.05, 4.69) is 9.84 Å². The minimum atomic E-state index is -0.568. The van der Waals surface area contributed by atoms with Crippen LogP contribution in [0, 0.1) is 15.0 Å². The predicted octanol–water partition coefficient (Wildman–Crippen LogP) is 1.36. The molecule has 0 aliphatic rings. The monoisotopic (exact) mass is 291 g/mol. The minimum absolute atomic E-state index is 0.289. The number of hydrogen-bond acceptors (Lipinski definition) is 4. The van der Waals surface area contributed by atoms with Crippen molar-refractivity contribution in [1.82, 2.24) is 9.78 Å². The van der Waals surface area contributed by atoms with Crippen molar-refractivity contribution in [3.05, 3.63) is 15.5 Å². The number of halogens is 1. The molecule has 0 amide bonds. The normalized spacial score (nSPS) is 9.31. The van der Waals surface area contributed by atoms with E-state index in [9.17, 15) is 4.79 Å². The second-order valence-corrected chi connectivity index (χ2v) is 3.11. The Balaban J connectivity index is 2.92. The van der Waals surface area contributed by atoms with Gasteiger partial charge in [-0.15, -0.1) is 0 Å². The highest BCUT2D eigenvalue weighted by atomic mass is 127. The molecule has 5 nitrogen and oxygen atoms in total. The average Bonchev–Trinajstić information content (AvgIpc) is 2.47. The lowest BCUT2D eigenvalue weighted by Gasteiger charge is -1.98. The number of carbonyl (C=O) groups excluding carboxylic acids is 1. The number of aromatic nitrogens is 2. The van der Waals surface area contributed by atoms with Crippen LogP contribution in [0.5, 0.6) is 0 Å². The summed E-state index contributed by atoms with van der Waals surface area (Å²) in [6.45, 7) is 1.99. The molecular weight excluding hydrogens is 285 g/mol. The molecule has 1 aromatic heterocycles. The molecule has 68 valence electrons. The zero-order valence-corrected chi connectivity index (χ0v) is 8.98. The second-order valence-electron chi connectivity index (χ2n) is 2.09. The van der Waals surface area contributed by atoms with Crippen LogP contribution in [-0.4, -0.2) is 22.5 Å². The third-order valence-electron chi connectivity index (χ3n) is 1.24. The zero-order valence-electron chi connectivity index (χ0n) is 6.82. The molecule has 0 N–H and O–H groups in total. The van der Waals surface area contributed by atoms with Gasteiger partial charge >= 0.3 is 6.09 Å². The van der Waals surface area contributed by atoms with Crippen LogP contribution in [0.25, 0.3) is 0 Å². The van der Waals surface area contributed by atoms with E-state index < -0.39 is 6.09 Å². The number of nitrogens with zero attached hydrogens (tertiary/aromatic N) is 3. The molecule has 0 saturated carbocycles. The lowest BCUT2D eigenvalue weighted by molar-refractivity contribution is 0.150. The molecule has 0 radical (unpaired) electrons. The van der Waals surface area contributed by atoms with Crippen molar-refractivity contribution in [1.29, 1.82) is 5.26 Å². The zero-order chi connectivity index (χ0) is 9.84.